The van der Waals surface area contributed by atoms with E-state index < -0.39 is 23.7 Å². The Hall–Kier alpha value is -0.970. The minimum Gasteiger partial charge on any atom is -0.481 e. The standard InChI is InChI=1S/C8H6F2O2S/c9-8(10)5(6(8)7(11)12)4-2-1-3-13-4/h1-3,5-6H,(H,11,12)/t5-,6-/m0/s1. The van der Waals surface area contributed by atoms with E-state index in [9.17, 15) is 13.6 Å². The summed E-state index contributed by atoms with van der Waals surface area (Å²) in [6.45, 7) is 0. The van der Waals surface area contributed by atoms with Gasteiger partial charge in [0.2, 0.25) is 0 Å². The van der Waals surface area contributed by atoms with E-state index >= 15 is 0 Å². The SMILES string of the molecule is O=C(O)[C@@H]1[C@H](c2cccs2)C1(F)F. The Balaban J connectivity index is 2.25. The maximum absolute atomic E-state index is 12.9. The Labute approximate surface area is 76.8 Å². The molecule has 1 aliphatic rings. The second kappa shape index (κ2) is 2.51. The molecule has 1 N–H and O–H groups in total. The first kappa shape index (κ1) is 8.62. The summed E-state index contributed by atoms with van der Waals surface area (Å²) in [5, 5.41) is 10.2. The molecule has 0 radical (unpaired) electrons. The van der Waals surface area contributed by atoms with Crippen LogP contribution in [0.25, 0.3) is 0 Å². The molecule has 0 aliphatic heterocycles. The number of alkyl halides is 2. The summed E-state index contributed by atoms with van der Waals surface area (Å²) in [6.07, 6.45) is 0. The number of carbonyl (C=O) groups is 1. The number of hydrogen-bond acceptors (Lipinski definition) is 2. The van der Waals surface area contributed by atoms with E-state index in [4.69, 9.17) is 5.11 Å². The van der Waals surface area contributed by atoms with Crippen LogP contribution < -0.4 is 0 Å². The summed E-state index contributed by atoms with van der Waals surface area (Å²) in [7, 11) is 0. The maximum Gasteiger partial charge on any atom is 0.313 e. The van der Waals surface area contributed by atoms with Crippen LogP contribution in [0.5, 0.6) is 0 Å². The summed E-state index contributed by atoms with van der Waals surface area (Å²) < 4.78 is 25.8. The average molecular weight is 204 g/mol. The molecule has 1 saturated carbocycles. The van der Waals surface area contributed by atoms with Crippen molar-refractivity contribution in [1.29, 1.82) is 0 Å². The summed E-state index contributed by atoms with van der Waals surface area (Å²) in [4.78, 5) is 10.9. The highest BCUT2D eigenvalue weighted by atomic mass is 32.1. The van der Waals surface area contributed by atoms with Crippen LogP contribution in [0.3, 0.4) is 0 Å². The Morgan fingerprint density at radius 2 is 2.31 bits per heavy atom. The maximum atomic E-state index is 12.9. The van der Waals surface area contributed by atoms with Gasteiger partial charge >= 0.3 is 5.97 Å². The average Bonchev–Trinajstić information content (AvgIpc) is 2.50. The van der Waals surface area contributed by atoms with Gasteiger partial charge in [0.1, 0.15) is 5.92 Å². The van der Waals surface area contributed by atoms with E-state index in [1.165, 1.54) is 11.3 Å². The Kier molecular flexibility index (Phi) is 1.66. The van der Waals surface area contributed by atoms with Crippen molar-refractivity contribution in [2.24, 2.45) is 5.92 Å². The van der Waals surface area contributed by atoms with Crippen molar-refractivity contribution in [3.63, 3.8) is 0 Å². The second-order valence-corrected chi connectivity index (χ2v) is 3.96. The van der Waals surface area contributed by atoms with Gasteiger partial charge in [0, 0.05) is 4.88 Å². The van der Waals surface area contributed by atoms with E-state index in [0.29, 0.717) is 4.88 Å². The zero-order chi connectivity index (χ0) is 9.64. The highest BCUT2D eigenvalue weighted by molar-refractivity contribution is 7.10. The summed E-state index contributed by atoms with van der Waals surface area (Å²) >= 11 is 1.17. The first-order valence-electron chi connectivity index (χ1n) is 3.69. The van der Waals surface area contributed by atoms with E-state index in [2.05, 4.69) is 0 Å². The highest BCUT2D eigenvalue weighted by Gasteiger charge is 2.73. The molecule has 2 nitrogen and oxygen atoms in total. The summed E-state index contributed by atoms with van der Waals surface area (Å²) in [5.74, 6) is -7.10. The number of rotatable bonds is 2. The van der Waals surface area contributed by atoms with Gasteiger partial charge in [-0.25, -0.2) is 8.78 Å². The van der Waals surface area contributed by atoms with Crippen LogP contribution in [0, 0.1) is 5.92 Å². The van der Waals surface area contributed by atoms with Crippen LogP contribution in [0.15, 0.2) is 17.5 Å². The summed E-state index contributed by atoms with van der Waals surface area (Å²) in [6, 6.07) is 3.19. The first-order valence-corrected chi connectivity index (χ1v) is 4.57. The fourth-order valence-electron chi connectivity index (χ4n) is 1.46. The van der Waals surface area contributed by atoms with Crippen molar-refractivity contribution < 1.29 is 18.7 Å². The predicted molar refractivity (Wildman–Crippen MR) is 43.1 cm³/mol. The highest BCUT2D eigenvalue weighted by Crippen LogP contribution is 2.62. The lowest BCUT2D eigenvalue weighted by Gasteiger charge is -1.89. The molecule has 13 heavy (non-hydrogen) atoms. The molecular formula is C8H6F2O2S. The Morgan fingerprint density at radius 1 is 1.62 bits per heavy atom. The van der Waals surface area contributed by atoms with Crippen molar-refractivity contribution in [2.45, 2.75) is 11.8 Å². The van der Waals surface area contributed by atoms with Gasteiger partial charge < -0.3 is 5.11 Å². The molecule has 1 aromatic heterocycles. The smallest absolute Gasteiger partial charge is 0.313 e. The van der Waals surface area contributed by atoms with Crippen molar-refractivity contribution in [1.82, 2.24) is 0 Å². The third kappa shape index (κ3) is 1.14. The number of carboxylic acids is 1. The molecule has 1 aliphatic carbocycles. The van der Waals surface area contributed by atoms with Crippen molar-refractivity contribution in [3.05, 3.63) is 22.4 Å². The molecule has 1 fully saturated rings. The third-order valence-corrected chi connectivity index (χ3v) is 3.12. The zero-order valence-corrected chi connectivity index (χ0v) is 7.22. The van der Waals surface area contributed by atoms with Crippen LogP contribution in [0.1, 0.15) is 10.8 Å². The Bertz CT molecular complexity index is 334. The molecule has 70 valence electrons. The van der Waals surface area contributed by atoms with Crippen LogP contribution in [0.4, 0.5) is 8.78 Å². The molecule has 0 saturated heterocycles. The van der Waals surface area contributed by atoms with Gasteiger partial charge in [-0.1, -0.05) is 6.07 Å². The molecule has 1 aromatic rings. The molecular weight excluding hydrogens is 198 g/mol. The van der Waals surface area contributed by atoms with Gasteiger partial charge in [0.05, 0.1) is 5.92 Å². The van der Waals surface area contributed by atoms with E-state index in [-0.39, 0.29) is 0 Å². The van der Waals surface area contributed by atoms with Gasteiger partial charge in [-0.05, 0) is 11.4 Å². The lowest BCUT2D eigenvalue weighted by atomic mass is 10.3. The number of aliphatic carboxylic acids is 1. The van der Waals surface area contributed by atoms with Crippen molar-refractivity contribution >= 4 is 17.3 Å². The lowest BCUT2D eigenvalue weighted by Crippen LogP contribution is -2.04. The molecule has 5 heteroatoms. The van der Waals surface area contributed by atoms with Crippen LogP contribution in [0.2, 0.25) is 0 Å². The molecule has 0 bridgehead atoms. The van der Waals surface area contributed by atoms with Crippen LogP contribution in [-0.4, -0.2) is 17.0 Å². The van der Waals surface area contributed by atoms with E-state index in [0.717, 1.165) is 0 Å². The van der Waals surface area contributed by atoms with Gasteiger partial charge in [-0.2, -0.15) is 0 Å². The topological polar surface area (TPSA) is 37.3 Å². The fraction of sp³-hybridized carbons (Fsp3) is 0.375. The normalized spacial score (nSPS) is 30.0. The largest absolute Gasteiger partial charge is 0.481 e. The van der Waals surface area contributed by atoms with Crippen LogP contribution in [-0.2, 0) is 4.79 Å². The molecule has 0 spiro atoms. The van der Waals surface area contributed by atoms with Crippen molar-refractivity contribution in [2.75, 3.05) is 0 Å². The van der Waals surface area contributed by atoms with E-state index in [1.54, 1.807) is 17.5 Å². The molecule has 0 amide bonds. The van der Waals surface area contributed by atoms with E-state index in [1.807, 2.05) is 0 Å². The monoisotopic (exact) mass is 204 g/mol. The third-order valence-electron chi connectivity index (χ3n) is 2.17. The minimum atomic E-state index is -3.06. The number of thiophene rings is 1. The quantitative estimate of drug-likeness (QED) is 0.801. The fourth-order valence-corrected chi connectivity index (χ4v) is 2.37. The zero-order valence-electron chi connectivity index (χ0n) is 6.41. The number of carboxylic acid groups (broad SMARTS) is 1. The van der Waals surface area contributed by atoms with Crippen molar-refractivity contribution in [3.8, 4) is 0 Å². The van der Waals surface area contributed by atoms with Crippen LogP contribution >= 0.6 is 11.3 Å². The van der Waals surface area contributed by atoms with Gasteiger partial charge in [-0.15, -0.1) is 11.3 Å². The summed E-state index contributed by atoms with van der Waals surface area (Å²) in [5.41, 5.74) is 0. The Morgan fingerprint density at radius 3 is 2.69 bits per heavy atom. The second-order valence-electron chi connectivity index (χ2n) is 2.98. The first-order chi connectivity index (χ1) is 6.05. The number of halogens is 2. The van der Waals surface area contributed by atoms with Gasteiger partial charge in [-0.3, -0.25) is 4.79 Å². The number of hydrogen-bond donors (Lipinski definition) is 1. The predicted octanol–water partition coefficient (Wildman–Crippen LogP) is 2.18. The molecule has 0 aromatic carbocycles. The lowest BCUT2D eigenvalue weighted by molar-refractivity contribution is -0.140. The van der Waals surface area contributed by atoms with Gasteiger partial charge in [0.15, 0.2) is 0 Å². The molecule has 1 heterocycles. The van der Waals surface area contributed by atoms with Gasteiger partial charge in [0.25, 0.3) is 5.92 Å². The molecule has 2 rings (SSSR count). The minimum absolute atomic E-state index is 0.456. The molecule has 2 atom stereocenters. The molecule has 0 unspecified atom stereocenters.